The Morgan fingerprint density at radius 2 is 2.13 bits per heavy atom. The second-order valence-corrected chi connectivity index (χ2v) is 4.70. The first-order chi connectivity index (χ1) is 7.18. The molecule has 0 saturated heterocycles. The molecule has 0 bridgehead atoms. The Morgan fingerprint density at radius 1 is 1.47 bits per heavy atom. The maximum atomic E-state index is 11.3. The first-order valence-corrected chi connectivity index (χ1v) is 6.09. The van der Waals surface area contributed by atoms with E-state index in [1.165, 1.54) is 25.7 Å². The first-order valence-electron chi connectivity index (χ1n) is 6.09. The topological polar surface area (TPSA) is 52.3 Å². The summed E-state index contributed by atoms with van der Waals surface area (Å²) < 4.78 is 5.23. The number of carbonyl (C=O) groups excluding carboxylic acids is 1. The number of hydrogen-bond acceptors (Lipinski definition) is 3. The molecule has 0 aliphatic heterocycles. The number of ether oxygens (including phenoxy) is 1. The van der Waals surface area contributed by atoms with Gasteiger partial charge >= 0.3 is 5.97 Å². The molecule has 88 valence electrons. The summed E-state index contributed by atoms with van der Waals surface area (Å²) in [5.74, 6) is 0.574. The molecular weight excluding hydrogens is 190 g/mol. The molecule has 0 aromatic rings. The first kappa shape index (κ1) is 12.5. The van der Waals surface area contributed by atoms with E-state index in [2.05, 4.69) is 0 Å². The number of esters is 1. The van der Waals surface area contributed by atoms with Crippen molar-refractivity contribution in [2.75, 3.05) is 6.61 Å². The molecule has 0 radical (unpaired) electrons. The number of nitrogens with two attached hydrogens (primary N) is 1. The van der Waals surface area contributed by atoms with E-state index in [-0.39, 0.29) is 12.0 Å². The third kappa shape index (κ3) is 5.78. The minimum Gasteiger partial charge on any atom is -0.465 e. The second kappa shape index (κ2) is 6.83. The minimum absolute atomic E-state index is 0.0532. The summed E-state index contributed by atoms with van der Waals surface area (Å²) >= 11 is 0. The van der Waals surface area contributed by atoms with E-state index < -0.39 is 0 Å². The smallest absolute Gasteiger partial charge is 0.305 e. The van der Waals surface area contributed by atoms with Crippen LogP contribution in [0.2, 0.25) is 0 Å². The molecule has 1 aliphatic carbocycles. The summed E-state index contributed by atoms with van der Waals surface area (Å²) in [6, 6.07) is 0.188. The summed E-state index contributed by atoms with van der Waals surface area (Å²) in [5.41, 5.74) is 5.60. The molecule has 0 heterocycles. The van der Waals surface area contributed by atoms with Gasteiger partial charge in [0.2, 0.25) is 0 Å². The van der Waals surface area contributed by atoms with Crippen LogP contribution in [0.1, 0.15) is 51.9 Å². The lowest BCUT2D eigenvalue weighted by Crippen LogP contribution is -2.16. The fourth-order valence-corrected chi connectivity index (χ4v) is 2.03. The highest BCUT2D eigenvalue weighted by Gasteiger charge is 2.16. The van der Waals surface area contributed by atoms with Gasteiger partial charge in [0, 0.05) is 12.5 Å². The fraction of sp³-hybridized carbons (Fsp3) is 0.917. The summed E-state index contributed by atoms with van der Waals surface area (Å²) in [6.07, 6.45) is 7.33. The highest BCUT2D eigenvalue weighted by Crippen LogP contribution is 2.24. The summed E-state index contributed by atoms with van der Waals surface area (Å²) in [7, 11) is 0. The number of hydrogen-bond donors (Lipinski definition) is 1. The maximum Gasteiger partial charge on any atom is 0.305 e. The van der Waals surface area contributed by atoms with Crippen LogP contribution in [0, 0.1) is 5.92 Å². The lowest BCUT2D eigenvalue weighted by atomic mass is 10.1. The molecule has 0 aromatic carbocycles. The van der Waals surface area contributed by atoms with Crippen molar-refractivity contribution in [1.29, 1.82) is 0 Å². The molecule has 2 N–H and O–H groups in total. The van der Waals surface area contributed by atoms with E-state index in [1.807, 2.05) is 6.92 Å². The van der Waals surface area contributed by atoms with Crippen molar-refractivity contribution >= 4 is 5.97 Å². The van der Waals surface area contributed by atoms with Crippen molar-refractivity contribution in [2.24, 2.45) is 11.7 Å². The Morgan fingerprint density at radius 3 is 2.73 bits per heavy atom. The molecule has 1 unspecified atom stereocenters. The van der Waals surface area contributed by atoms with Gasteiger partial charge in [-0.15, -0.1) is 0 Å². The van der Waals surface area contributed by atoms with Crippen LogP contribution in [0.5, 0.6) is 0 Å². The van der Waals surface area contributed by atoms with Gasteiger partial charge in [0.25, 0.3) is 0 Å². The van der Waals surface area contributed by atoms with E-state index >= 15 is 0 Å². The molecule has 15 heavy (non-hydrogen) atoms. The summed E-state index contributed by atoms with van der Waals surface area (Å²) in [5, 5.41) is 0. The lowest BCUT2D eigenvalue weighted by Gasteiger charge is -2.10. The third-order valence-electron chi connectivity index (χ3n) is 3.00. The van der Waals surface area contributed by atoms with Gasteiger partial charge in [0.15, 0.2) is 0 Å². The van der Waals surface area contributed by atoms with Crippen LogP contribution in [0.25, 0.3) is 0 Å². The maximum absolute atomic E-state index is 11.3. The summed E-state index contributed by atoms with van der Waals surface area (Å²) in [6.45, 7) is 2.60. The average molecular weight is 213 g/mol. The molecule has 3 heteroatoms. The zero-order valence-corrected chi connectivity index (χ0v) is 9.71. The fourth-order valence-electron chi connectivity index (χ4n) is 2.03. The average Bonchev–Trinajstić information content (AvgIpc) is 2.66. The third-order valence-corrected chi connectivity index (χ3v) is 3.00. The van der Waals surface area contributed by atoms with Crippen molar-refractivity contribution in [3.63, 3.8) is 0 Å². The van der Waals surface area contributed by atoms with Gasteiger partial charge < -0.3 is 10.5 Å². The van der Waals surface area contributed by atoms with Crippen LogP contribution in [0.4, 0.5) is 0 Å². The number of carbonyl (C=O) groups is 1. The molecule has 1 aliphatic rings. The van der Waals surface area contributed by atoms with Crippen molar-refractivity contribution in [1.82, 2.24) is 0 Å². The van der Waals surface area contributed by atoms with Crippen molar-refractivity contribution in [3.05, 3.63) is 0 Å². The van der Waals surface area contributed by atoms with Gasteiger partial charge in [-0.05, 0) is 38.5 Å². The zero-order valence-electron chi connectivity index (χ0n) is 9.71. The van der Waals surface area contributed by atoms with E-state index in [9.17, 15) is 4.79 Å². The molecule has 0 aromatic heterocycles. The Hall–Kier alpha value is -0.570. The Labute approximate surface area is 92.4 Å². The van der Waals surface area contributed by atoms with Crippen LogP contribution < -0.4 is 5.73 Å². The minimum atomic E-state index is -0.0532. The van der Waals surface area contributed by atoms with Crippen LogP contribution in [0.3, 0.4) is 0 Å². The lowest BCUT2D eigenvalue weighted by molar-refractivity contribution is -0.145. The molecule has 1 saturated carbocycles. The Kier molecular flexibility index (Phi) is 5.69. The van der Waals surface area contributed by atoms with Gasteiger partial charge in [-0.25, -0.2) is 0 Å². The highest BCUT2D eigenvalue weighted by atomic mass is 16.5. The molecular formula is C12H23NO2. The predicted octanol–water partition coefficient (Wildman–Crippen LogP) is 2.24. The standard InChI is InChI=1S/C12H23NO2/c1-10(13)5-4-8-12(14)15-9-11-6-2-3-7-11/h10-11H,2-9,13H2,1H3. The van der Waals surface area contributed by atoms with E-state index in [4.69, 9.17) is 10.5 Å². The Bertz CT molecular complexity index is 186. The van der Waals surface area contributed by atoms with E-state index in [0.29, 0.717) is 18.9 Å². The van der Waals surface area contributed by atoms with Gasteiger partial charge in [0.05, 0.1) is 6.61 Å². The molecule has 0 amide bonds. The number of rotatable bonds is 6. The van der Waals surface area contributed by atoms with Crippen LogP contribution in [-0.2, 0) is 9.53 Å². The quantitative estimate of drug-likeness (QED) is 0.688. The molecule has 3 nitrogen and oxygen atoms in total. The monoisotopic (exact) mass is 213 g/mol. The second-order valence-electron chi connectivity index (χ2n) is 4.70. The van der Waals surface area contributed by atoms with Crippen molar-refractivity contribution < 1.29 is 9.53 Å². The normalized spacial score (nSPS) is 19.1. The largest absolute Gasteiger partial charge is 0.465 e. The van der Waals surface area contributed by atoms with Crippen LogP contribution >= 0.6 is 0 Å². The van der Waals surface area contributed by atoms with Crippen molar-refractivity contribution in [3.8, 4) is 0 Å². The van der Waals surface area contributed by atoms with Crippen LogP contribution in [0.15, 0.2) is 0 Å². The van der Waals surface area contributed by atoms with Crippen LogP contribution in [-0.4, -0.2) is 18.6 Å². The molecule has 1 atom stereocenters. The van der Waals surface area contributed by atoms with Gasteiger partial charge in [-0.2, -0.15) is 0 Å². The molecule has 1 fully saturated rings. The summed E-state index contributed by atoms with van der Waals surface area (Å²) in [4.78, 5) is 11.3. The predicted molar refractivity (Wildman–Crippen MR) is 60.4 cm³/mol. The molecule has 1 rings (SSSR count). The van der Waals surface area contributed by atoms with Gasteiger partial charge in [0.1, 0.15) is 0 Å². The van der Waals surface area contributed by atoms with Gasteiger partial charge in [-0.3, -0.25) is 4.79 Å². The Balaban J connectivity index is 1.98. The highest BCUT2D eigenvalue weighted by molar-refractivity contribution is 5.69. The van der Waals surface area contributed by atoms with Gasteiger partial charge in [-0.1, -0.05) is 12.8 Å². The SMILES string of the molecule is CC(N)CCCC(=O)OCC1CCCC1. The van der Waals surface area contributed by atoms with Crippen molar-refractivity contribution in [2.45, 2.75) is 57.9 Å². The van der Waals surface area contributed by atoms with E-state index in [0.717, 1.165) is 12.8 Å². The molecule has 0 spiro atoms. The zero-order chi connectivity index (χ0) is 11.1. The van der Waals surface area contributed by atoms with E-state index in [1.54, 1.807) is 0 Å².